The minimum atomic E-state index is -1.24. The van der Waals surface area contributed by atoms with Gasteiger partial charge < -0.3 is 34.7 Å². The van der Waals surface area contributed by atoms with Crippen LogP contribution in [-0.4, -0.2) is 67.2 Å². The van der Waals surface area contributed by atoms with E-state index in [0.29, 0.717) is 29.7 Å². The predicted octanol–water partition coefficient (Wildman–Crippen LogP) is 8.22. The highest BCUT2D eigenvalue weighted by Gasteiger charge is 2.33. The van der Waals surface area contributed by atoms with Gasteiger partial charge in [0.15, 0.2) is 6.04 Å². The van der Waals surface area contributed by atoms with Crippen molar-refractivity contribution in [2.24, 2.45) is 0 Å². The van der Waals surface area contributed by atoms with Crippen molar-refractivity contribution in [3.8, 4) is 11.5 Å². The number of allylic oxidation sites excluding steroid dienone is 14. The maximum atomic E-state index is 12.9. The Kier molecular flexibility index (Phi) is 23.4. The van der Waals surface area contributed by atoms with Gasteiger partial charge in [-0.25, -0.2) is 14.4 Å². The molecule has 322 valence electrons. The lowest BCUT2D eigenvalue weighted by atomic mass is 9.94. The maximum absolute atomic E-state index is 12.9. The number of hydrogen-bond donors (Lipinski definition) is 3. The summed E-state index contributed by atoms with van der Waals surface area (Å²) in [6.07, 6.45) is 32.8. The van der Waals surface area contributed by atoms with Gasteiger partial charge >= 0.3 is 17.9 Å². The SMILES string of the molecule is CC/C=C\C/C=C\C/C=C\C/C=C\C/C=C\CC=CCCC(=O)NC(C(=O)OC)C(C)OC(=O)C(C)NC(=O)CC/C(C)=C\Cc1c(O)c2c(c(C)c1OC)COC2=O. The Morgan fingerprint density at radius 3 is 1.86 bits per heavy atom. The van der Waals surface area contributed by atoms with E-state index in [1.54, 1.807) is 6.92 Å². The number of fused-ring (bicyclic) bond motifs is 1. The molecule has 1 aromatic carbocycles. The van der Waals surface area contributed by atoms with Crippen LogP contribution >= 0.6 is 0 Å². The van der Waals surface area contributed by atoms with Crippen molar-refractivity contribution >= 4 is 29.7 Å². The third kappa shape index (κ3) is 17.8. The molecule has 0 aromatic heterocycles. The summed E-state index contributed by atoms with van der Waals surface area (Å²) in [6, 6.07) is -2.28. The number of hydrogen-bond acceptors (Lipinski definition) is 10. The average Bonchev–Trinajstić information content (AvgIpc) is 3.61. The Labute approximate surface area is 350 Å². The molecule has 2 amide bonds. The molecule has 1 aliphatic rings. The van der Waals surface area contributed by atoms with E-state index in [4.69, 9.17) is 18.9 Å². The molecule has 12 nitrogen and oxygen atoms in total. The van der Waals surface area contributed by atoms with Gasteiger partial charge in [-0.2, -0.15) is 0 Å². The van der Waals surface area contributed by atoms with Gasteiger partial charge in [-0.05, 0) is 91.0 Å². The van der Waals surface area contributed by atoms with E-state index in [2.05, 4.69) is 78.3 Å². The molecule has 0 saturated carbocycles. The van der Waals surface area contributed by atoms with Crippen LogP contribution in [0.4, 0.5) is 0 Å². The Morgan fingerprint density at radius 1 is 0.780 bits per heavy atom. The molecular formula is C47H64N2O10. The maximum Gasteiger partial charge on any atom is 0.342 e. The van der Waals surface area contributed by atoms with Crippen molar-refractivity contribution in [1.29, 1.82) is 0 Å². The molecule has 0 radical (unpaired) electrons. The molecule has 1 aromatic rings. The van der Waals surface area contributed by atoms with Gasteiger partial charge in [-0.1, -0.05) is 91.5 Å². The number of phenolic OH excluding ortho intramolecular Hbond substituents is 1. The van der Waals surface area contributed by atoms with Crippen LogP contribution in [0.25, 0.3) is 0 Å². The Hall–Kier alpha value is -5.65. The number of rotatable bonds is 26. The molecule has 3 N–H and O–H groups in total. The zero-order valence-corrected chi connectivity index (χ0v) is 35.8. The molecular weight excluding hydrogens is 753 g/mol. The van der Waals surface area contributed by atoms with E-state index in [9.17, 15) is 29.1 Å². The van der Waals surface area contributed by atoms with Gasteiger partial charge in [0.1, 0.15) is 35.8 Å². The van der Waals surface area contributed by atoms with E-state index in [1.807, 2.05) is 25.2 Å². The lowest BCUT2D eigenvalue weighted by Gasteiger charge is -2.24. The average molecular weight is 817 g/mol. The van der Waals surface area contributed by atoms with Gasteiger partial charge in [0.2, 0.25) is 11.8 Å². The number of carbonyl (C=O) groups excluding carboxylic acids is 5. The number of carbonyl (C=O) groups is 5. The molecule has 12 heteroatoms. The first-order valence-corrected chi connectivity index (χ1v) is 20.4. The molecule has 0 fully saturated rings. The van der Waals surface area contributed by atoms with Gasteiger partial charge in [0.25, 0.3) is 0 Å². The number of aromatic hydroxyl groups is 1. The minimum Gasteiger partial charge on any atom is -0.507 e. The van der Waals surface area contributed by atoms with Crippen molar-refractivity contribution in [2.45, 2.75) is 130 Å². The molecule has 0 bridgehead atoms. The van der Waals surface area contributed by atoms with Crippen LogP contribution in [0.1, 0.15) is 119 Å². The molecule has 0 spiro atoms. The fourth-order valence-corrected chi connectivity index (χ4v) is 6.04. The van der Waals surface area contributed by atoms with Crippen LogP contribution in [0.3, 0.4) is 0 Å². The fourth-order valence-electron chi connectivity index (χ4n) is 6.04. The van der Waals surface area contributed by atoms with E-state index < -0.39 is 47.9 Å². The van der Waals surface area contributed by atoms with E-state index >= 15 is 0 Å². The molecule has 3 atom stereocenters. The highest BCUT2D eigenvalue weighted by molar-refractivity contribution is 5.98. The molecule has 3 unspecified atom stereocenters. The first kappa shape index (κ1) is 49.5. The standard InChI is InChI=1S/C47H64N2O10/c1-8-9-10-11-12-13-14-15-16-17-18-19-20-21-22-23-24-25-26-27-39(50)49-42(47(55)57-7)36(5)59-45(53)35(4)48-40(51)31-29-33(2)28-30-37-43(52)41-38(32-58-46(41)54)34(3)44(37)56-6/h9-10,12-13,15-16,18-19,21-22,24-25,28,35-36,42,52H,8,11,14,17,20,23,26-27,29-32H2,1-7H3,(H,48,51)(H,49,50)/b10-9-,13-12-,16-15-,19-18-,22-21-,25-24?,33-28-. The Balaban J connectivity index is 1.73. The first-order chi connectivity index (χ1) is 28.4. The van der Waals surface area contributed by atoms with Gasteiger partial charge in [-0.15, -0.1) is 0 Å². The van der Waals surface area contributed by atoms with Crippen molar-refractivity contribution in [3.63, 3.8) is 0 Å². The van der Waals surface area contributed by atoms with Crippen LogP contribution < -0.4 is 15.4 Å². The predicted molar refractivity (Wildman–Crippen MR) is 230 cm³/mol. The second kappa shape index (κ2) is 27.9. The quantitative estimate of drug-likeness (QED) is 0.0471. The number of cyclic esters (lactones) is 1. The molecule has 0 saturated heterocycles. The van der Waals surface area contributed by atoms with Crippen molar-refractivity contribution in [2.75, 3.05) is 14.2 Å². The molecule has 59 heavy (non-hydrogen) atoms. The van der Waals surface area contributed by atoms with E-state index in [-0.39, 0.29) is 37.2 Å². The van der Waals surface area contributed by atoms with E-state index in [0.717, 1.165) is 49.7 Å². The topological polar surface area (TPSA) is 167 Å². The number of esters is 3. The van der Waals surface area contributed by atoms with Crippen LogP contribution in [0.2, 0.25) is 0 Å². The first-order valence-electron chi connectivity index (χ1n) is 20.4. The Morgan fingerprint density at radius 2 is 1.32 bits per heavy atom. The third-order valence-electron chi connectivity index (χ3n) is 9.46. The zero-order valence-electron chi connectivity index (χ0n) is 35.8. The molecule has 1 heterocycles. The number of phenols is 1. The smallest absolute Gasteiger partial charge is 0.342 e. The largest absolute Gasteiger partial charge is 0.507 e. The van der Waals surface area contributed by atoms with Gasteiger partial charge in [-0.3, -0.25) is 9.59 Å². The second-order valence-electron chi connectivity index (χ2n) is 14.1. The van der Waals surface area contributed by atoms with Crippen LogP contribution in [0.15, 0.2) is 84.6 Å². The highest BCUT2D eigenvalue weighted by Crippen LogP contribution is 2.42. The summed E-state index contributed by atoms with van der Waals surface area (Å²) < 4.78 is 20.9. The van der Waals surface area contributed by atoms with Crippen LogP contribution in [-0.2, 0) is 46.4 Å². The summed E-state index contributed by atoms with van der Waals surface area (Å²) in [5.41, 5.74) is 2.76. The second-order valence-corrected chi connectivity index (χ2v) is 14.1. The summed E-state index contributed by atoms with van der Waals surface area (Å²) in [6.45, 7) is 8.77. The molecule has 1 aliphatic heterocycles. The molecule has 2 rings (SSSR count). The number of nitrogens with one attached hydrogen (secondary N) is 2. The number of amides is 2. The monoisotopic (exact) mass is 816 g/mol. The summed E-state index contributed by atoms with van der Waals surface area (Å²) in [5.74, 6) is -2.66. The van der Waals surface area contributed by atoms with Gasteiger partial charge in [0, 0.05) is 24.0 Å². The molecule has 0 aliphatic carbocycles. The summed E-state index contributed by atoms with van der Waals surface area (Å²) in [4.78, 5) is 63.0. The van der Waals surface area contributed by atoms with Crippen molar-refractivity contribution < 1.29 is 48.0 Å². The van der Waals surface area contributed by atoms with Crippen molar-refractivity contribution in [3.05, 3.63) is 107 Å². The van der Waals surface area contributed by atoms with Crippen molar-refractivity contribution in [1.82, 2.24) is 10.6 Å². The number of benzene rings is 1. The summed E-state index contributed by atoms with van der Waals surface area (Å²) >= 11 is 0. The normalized spacial score (nSPS) is 14.7. The summed E-state index contributed by atoms with van der Waals surface area (Å²) in [7, 11) is 2.67. The highest BCUT2D eigenvalue weighted by atomic mass is 16.6. The number of ether oxygens (including phenoxy) is 4. The number of methoxy groups -OCH3 is 2. The fraction of sp³-hybridized carbons (Fsp3) is 0.468. The Bertz CT molecular complexity index is 1780. The van der Waals surface area contributed by atoms with Gasteiger partial charge in [0.05, 0.1) is 14.2 Å². The lowest BCUT2D eigenvalue weighted by Crippen LogP contribution is -2.51. The third-order valence-corrected chi connectivity index (χ3v) is 9.46. The minimum absolute atomic E-state index is 0.0613. The van der Waals surface area contributed by atoms with Crippen LogP contribution in [0.5, 0.6) is 11.5 Å². The lowest BCUT2D eigenvalue weighted by molar-refractivity contribution is -0.159. The summed E-state index contributed by atoms with van der Waals surface area (Å²) in [5, 5.41) is 16.0. The van der Waals surface area contributed by atoms with E-state index in [1.165, 1.54) is 28.1 Å². The zero-order chi connectivity index (χ0) is 43.6. The van der Waals surface area contributed by atoms with Crippen LogP contribution in [0, 0.1) is 6.92 Å².